The van der Waals surface area contributed by atoms with Gasteiger partial charge in [0, 0.05) is 23.9 Å². The minimum atomic E-state index is -0.443. The first kappa shape index (κ1) is 28.2. The smallest absolute Gasteiger partial charge is 0.248 e. The number of nitrogens with one attached hydrogen (secondary N) is 1. The maximum Gasteiger partial charge on any atom is 0.248 e. The molecule has 0 bridgehead atoms. The maximum absolute atomic E-state index is 11.2. The Morgan fingerprint density at radius 3 is 2.67 bits per heavy atom. The van der Waals surface area contributed by atoms with Gasteiger partial charge in [0.25, 0.3) is 0 Å². The van der Waals surface area contributed by atoms with E-state index in [1.54, 1.807) is 18.2 Å². The summed E-state index contributed by atoms with van der Waals surface area (Å²) in [4.78, 5) is 19.6. The van der Waals surface area contributed by atoms with Gasteiger partial charge < -0.3 is 15.6 Å². The molecule has 3 N–H and O–H groups in total. The summed E-state index contributed by atoms with van der Waals surface area (Å²) < 4.78 is 2.12. The lowest BCUT2D eigenvalue weighted by Crippen LogP contribution is -2.23. The first-order chi connectivity index (χ1) is 16.1. The van der Waals surface area contributed by atoms with Crippen LogP contribution in [0.1, 0.15) is 63.4 Å². The predicted octanol–water partition coefficient (Wildman–Crippen LogP) is 5.29. The number of aryl methyl sites for hydroxylation is 1. The minimum absolute atomic E-state index is 0.443. The average Bonchev–Trinajstić information content (AvgIpc) is 3.28. The van der Waals surface area contributed by atoms with Crippen molar-refractivity contribution >= 4 is 28.5 Å². The third-order valence-electron chi connectivity index (χ3n) is 4.89. The van der Waals surface area contributed by atoms with Gasteiger partial charge >= 0.3 is 0 Å². The Morgan fingerprint density at radius 2 is 1.97 bits per heavy atom. The number of halogens is 1. The van der Waals surface area contributed by atoms with Gasteiger partial charge in [-0.15, -0.1) is 0 Å². The van der Waals surface area contributed by atoms with E-state index >= 15 is 0 Å². The molecule has 33 heavy (non-hydrogen) atoms. The lowest BCUT2D eigenvalue weighted by molar-refractivity contribution is 0.1000. The van der Waals surface area contributed by atoms with E-state index in [-0.39, 0.29) is 0 Å². The van der Waals surface area contributed by atoms with E-state index in [0.29, 0.717) is 23.2 Å². The number of carbonyl (C=O) groups is 1. The van der Waals surface area contributed by atoms with Crippen LogP contribution in [-0.2, 0) is 6.54 Å². The van der Waals surface area contributed by atoms with E-state index in [1.165, 1.54) is 6.33 Å². The summed E-state index contributed by atoms with van der Waals surface area (Å²) in [6, 6.07) is 9.01. The van der Waals surface area contributed by atoms with E-state index < -0.39 is 5.91 Å². The van der Waals surface area contributed by atoms with E-state index in [2.05, 4.69) is 38.6 Å². The number of benzene rings is 1. The number of primary amides is 1. The van der Waals surface area contributed by atoms with E-state index in [4.69, 9.17) is 17.3 Å². The number of fused-ring (bicyclic) bond motifs is 1. The minimum Gasteiger partial charge on any atom is -0.366 e. The fourth-order valence-electron chi connectivity index (χ4n) is 3.16. The largest absolute Gasteiger partial charge is 0.366 e. The zero-order chi connectivity index (χ0) is 24.6. The molecule has 3 rings (SSSR count). The average molecular weight is 470 g/mol. The highest BCUT2D eigenvalue weighted by Gasteiger charge is 2.10. The summed E-state index contributed by atoms with van der Waals surface area (Å²) in [6.07, 6.45) is 5.62. The maximum atomic E-state index is 11.2. The molecule has 0 spiro atoms. The number of amides is 1. The molecule has 0 aliphatic carbocycles. The van der Waals surface area contributed by atoms with Gasteiger partial charge in [-0.3, -0.25) is 4.79 Å². The zero-order valence-electron chi connectivity index (χ0n) is 20.4. The van der Waals surface area contributed by atoms with Crippen molar-refractivity contribution in [2.75, 3.05) is 13.1 Å². The van der Waals surface area contributed by atoms with Gasteiger partial charge in [0.1, 0.15) is 17.1 Å². The summed E-state index contributed by atoms with van der Waals surface area (Å²) in [5.74, 6) is 6.25. The molecule has 0 radical (unpaired) electrons. The summed E-state index contributed by atoms with van der Waals surface area (Å²) in [6.45, 7) is 12.6. The predicted molar refractivity (Wildman–Crippen MR) is 138 cm³/mol. The number of rotatable bonds is 8. The van der Waals surface area contributed by atoms with Gasteiger partial charge in [-0.05, 0) is 43.1 Å². The van der Waals surface area contributed by atoms with E-state index in [1.807, 2.05) is 46.0 Å². The quantitative estimate of drug-likeness (QED) is 0.266. The van der Waals surface area contributed by atoms with Gasteiger partial charge in [0.05, 0.1) is 11.9 Å². The molecule has 0 saturated carbocycles. The van der Waals surface area contributed by atoms with Crippen LogP contribution in [0.25, 0.3) is 11.0 Å². The number of carbonyl (C=O) groups excluding carboxylic acids is 1. The molecule has 0 aliphatic heterocycles. The van der Waals surface area contributed by atoms with Crippen molar-refractivity contribution in [3.05, 3.63) is 59.1 Å². The highest BCUT2D eigenvalue weighted by Crippen LogP contribution is 2.21. The molecule has 7 heteroatoms. The molecular weight excluding hydrogens is 434 g/mol. The van der Waals surface area contributed by atoms with Crippen LogP contribution in [0.15, 0.2) is 42.9 Å². The Balaban J connectivity index is 0.00000129. The monoisotopic (exact) mass is 469 g/mol. The first-order valence-electron chi connectivity index (χ1n) is 11.6. The number of hydrogen-bond donors (Lipinski definition) is 2. The number of nitrogens with zero attached hydrogens (tertiary/aromatic N) is 3. The molecule has 3 aromatic rings. The first-order valence-corrected chi connectivity index (χ1v) is 12.0. The molecule has 0 fully saturated rings. The van der Waals surface area contributed by atoms with Gasteiger partial charge in [-0.1, -0.05) is 70.5 Å². The van der Waals surface area contributed by atoms with Gasteiger partial charge in [0.2, 0.25) is 5.91 Å². The third kappa shape index (κ3) is 8.88. The molecule has 0 saturated heterocycles. The van der Waals surface area contributed by atoms with Crippen molar-refractivity contribution in [2.45, 2.75) is 54.0 Å². The van der Waals surface area contributed by atoms with Crippen LogP contribution >= 0.6 is 11.6 Å². The normalized spacial score (nSPS) is 10.7. The van der Waals surface area contributed by atoms with Crippen LogP contribution in [-0.4, -0.2) is 33.5 Å². The van der Waals surface area contributed by atoms with Crippen LogP contribution < -0.4 is 11.1 Å². The Labute approximate surface area is 203 Å². The molecule has 2 heterocycles. The van der Waals surface area contributed by atoms with Crippen LogP contribution in [0.3, 0.4) is 0 Å². The molecule has 178 valence electrons. The Bertz CT molecular complexity index is 1050. The van der Waals surface area contributed by atoms with Gasteiger partial charge in [-0.2, -0.15) is 0 Å². The second kappa shape index (κ2) is 15.8. The zero-order valence-corrected chi connectivity index (χ0v) is 21.1. The van der Waals surface area contributed by atoms with E-state index in [0.717, 1.165) is 42.5 Å². The number of aromatic nitrogens is 3. The molecular formula is C26H36ClN5O. The molecule has 6 nitrogen and oxygen atoms in total. The number of hydrogen-bond acceptors (Lipinski definition) is 4. The number of nitrogens with two attached hydrogens (primary N) is 1. The lowest BCUT2D eigenvalue weighted by Gasteiger charge is -2.15. The molecule has 1 amide bonds. The fraction of sp³-hybridized carbons (Fsp3) is 0.423. The van der Waals surface area contributed by atoms with Crippen molar-refractivity contribution in [1.82, 2.24) is 19.9 Å². The molecule has 1 atom stereocenters. The summed E-state index contributed by atoms with van der Waals surface area (Å²) in [7, 11) is 0. The van der Waals surface area contributed by atoms with Gasteiger partial charge in [0.15, 0.2) is 0 Å². The SMILES string of the molecule is CC.CC.CCC(CCn1ccc2c(Cl)ncnc21)CNCC#Cc1cccc(C(N)=O)c1. The summed E-state index contributed by atoms with van der Waals surface area (Å²) >= 11 is 6.12. The highest BCUT2D eigenvalue weighted by atomic mass is 35.5. The fourth-order valence-corrected chi connectivity index (χ4v) is 3.35. The van der Waals surface area contributed by atoms with Crippen molar-refractivity contribution in [1.29, 1.82) is 0 Å². The van der Waals surface area contributed by atoms with Crippen LogP contribution in [0.4, 0.5) is 0 Å². The molecule has 1 aromatic carbocycles. The Kier molecular flexibility index (Phi) is 13.5. The van der Waals surface area contributed by atoms with Crippen LogP contribution in [0.5, 0.6) is 0 Å². The molecule has 0 aliphatic rings. The topological polar surface area (TPSA) is 85.8 Å². The highest BCUT2D eigenvalue weighted by molar-refractivity contribution is 6.33. The molecule has 1 unspecified atom stereocenters. The molecule has 2 aromatic heterocycles. The van der Waals surface area contributed by atoms with Crippen molar-refractivity contribution < 1.29 is 4.79 Å². The third-order valence-corrected chi connectivity index (χ3v) is 5.19. The summed E-state index contributed by atoms with van der Waals surface area (Å²) in [5, 5.41) is 4.77. The van der Waals surface area contributed by atoms with Crippen molar-refractivity contribution in [3.63, 3.8) is 0 Å². The van der Waals surface area contributed by atoms with Gasteiger partial charge in [-0.25, -0.2) is 9.97 Å². The van der Waals surface area contributed by atoms with Crippen molar-refractivity contribution in [3.8, 4) is 11.8 Å². The van der Waals surface area contributed by atoms with Crippen LogP contribution in [0.2, 0.25) is 5.15 Å². The second-order valence-corrected chi connectivity index (χ2v) is 7.21. The standard InChI is InChI=1S/C22H24ClN5O.2C2H6/c1-2-16(8-11-28-12-9-19-20(23)26-15-27-22(19)28)14-25-10-4-6-17-5-3-7-18(13-17)21(24)29;2*1-2/h3,5,7,9,12-13,15-16,25H,2,8,10-11,14H2,1H3,(H2,24,29);2*1-2H3. The summed E-state index contributed by atoms with van der Waals surface area (Å²) in [5.41, 5.74) is 7.43. The van der Waals surface area contributed by atoms with E-state index in [9.17, 15) is 4.79 Å². The Hall–Kier alpha value is -2.88. The second-order valence-electron chi connectivity index (χ2n) is 6.85. The van der Waals surface area contributed by atoms with Crippen molar-refractivity contribution in [2.24, 2.45) is 11.7 Å². The Morgan fingerprint density at radius 1 is 1.21 bits per heavy atom. The van der Waals surface area contributed by atoms with Crippen LogP contribution in [0, 0.1) is 17.8 Å². The lowest BCUT2D eigenvalue weighted by atomic mass is 10.0.